The number of hydrogen-bond donors (Lipinski definition) is 2. The molecule has 0 aromatic heterocycles. The number of carbonyl (C=O) groups is 1. The third-order valence-electron chi connectivity index (χ3n) is 3.92. The van der Waals surface area contributed by atoms with Crippen molar-refractivity contribution in [3.8, 4) is 5.75 Å². The SMILES string of the molecule is CC1CN(c2cc3c(cc2[N+](=O)[O-])OCC(=O)N3)CC1N. The number of fused-ring (bicyclic) bond motifs is 1. The molecular formula is C13H16N4O4. The van der Waals surface area contributed by atoms with E-state index in [1.54, 1.807) is 6.07 Å². The topological polar surface area (TPSA) is 111 Å². The number of nitrogens with zero attached hydrogens (tertiary/aromatic N) is 2. The first-order valence-electron chi connectivity index (χ1n) is 6.71. The van der Waals surface area contributed by atoms with Crippen LogP contribution in [0.5, 0.6) is 5.75 Å². The number of rotatable bonds is 2. The molecule has 0 aliphatic carbocycles. The number of hydrogen-bond acceptors (Lipinski definition) is 6. The first-order valence-corrected chi connectivity index (χ1v) is 6.71. The van der Waals surface area contributed by atoms with E-state index in [0.717, 1.165) is 0 Å². The average Bonchev–Trinajstić information content (AvgIpc) is 2.77. The highest BCUT2D eigenvalue weighted by molar-refractivity contribution is 5.97. The average molecular weight is 292 g/mol. The van der Waals surface area contributed by atoms with Gasteiger partial charge in [0.1, 0.15) is 5.69 Å². The molecule has 2 atom stereocenters. The van der Waals surface area contributed by atoms with E-state index in [1.807, 2.05) is 11.8 Å². The fourth-order valence-electron chi connectivity index (χ4n) is 2.69. The van der Waals surface area contributed by atoms with Gasteiger partial charge < -0.3 is 20.7 Å². The van der Waals surface area contributed by atoms with Crippen molar-refractivity contribution in [1.29, 1.82) is 0 Å². The fraction of sp³-hybridized carbons (Fsp3) is 0.462. The Morgan fingerprint density at radius 3 is 2.86 bits per heavy atom. The third-order valence-corrected chi connectivity index (χ3v) is 3.92. The van der Waals surface area contributed by atoms with E-state index in [2.05, 4.69) is 5.32 Å². The van der Waals surface area contributed by atoms with E-state index in [1.165, 1.54) is 6.07 Å². The van der Waals surface area contributed by atoms with Gasteiger partial charge in [-0.25, -0.2) is 0 Å². The number of nitro benzene ring substituents is 1. The smallest absolute Gasteiger partial charge is 0.296 e. The molecule has 1 fully saturated rings. The molecule has 1 aromatic rings. The molecule has 3 rings (SSSR count). The van der Waals surface area contributed by atoms with Crippen molar-refractivity contribution in [2.45, 2.75) is 13.0 Å². The maximum atomic E-state index is 11.4. The van der Waals surface area contributed by atoms with Crippen LogP contribution in [0.3, 0.4) is 0 Å². The first kappa shape index (κ1) is 13.6. The molecular weight excluding hydrogens is 276 g/mol. The summed E-state index contributed by atoms with van der Waals surface area (Å²) in [5.41, 5.74) is 6.87. The highest BCUT2D eigenvalue weighted by Gasteiger charge is 2.32. The van der Waals surface area contributed by atoms with Gasteiger partial charge in [0.15, 0.2) is 12.4 Å². The Labute approximate surface area is 121 Å². The number of anilines is 2. The van der Waals surface area contributed by atoms with Gasteiger partial charge in [0.2, 0.25) is 0 Å². The van der Waals surface area contributed by atoms with E-state index in [9.17, 15) is 14.9 Å². The van der Waals surface area contributed by atoms with Crippen molar-refractivity contribution >= 4 is 23.0 Å². The molecule has 1 amide bonds. The Balaban J connectivity index is 2.04. The molecule has 1 saturated heterocycles. The maximum absolute atomic E-state index is 11.4. The van der Waals surface area contributed by atoms with Gasteiger partial charge in [0.05, 0.1) is 16.7 Å². The standard InChI is InChI=1S/C13H16N4O4/c1-7-4-16(5-8(7)14)10-2-9-12(3-11(10)17(19)20)21-6-13(18)15-9/h2-3,7-8H,4-6,14H2,1H3,(H,15,18). The van der Waals surface area contributed by atoms with Gasteiger partial charge in [-0.1, -0.05) is 6.92 Å². The number of carbonyl (C=O) groups excluding carboxylic acids is 1. The van der Waals surface area contributed by atoms with Crippen molar-refractivity contribution in [3.05, 3.63) is 22.2 Å². The van der Waals surface area contributed by atoms with Gasteiger partial charge in [-0.3, -0.25) is 14.9 Å². The van der Waals surface area contributed by atoms with Crippen molar-refractivity contribution in [2.75, 3.05) is 29.9 Å². The maximum Gasteiger partial charge on any atom is 0.296 e. The molecule has 0 radical (unpaired) electrons. The van der Waals surface area contributed by atoms with E-state index < -0.39 is 4.92 Å². The second-order valence-electron chi connectivity index (χ2n) is 5.48. The molecule has 2 aliphatic rings. The number of amides is 1. The summed E-state index contributed by atoms with van der Waals surface area (Å²) in [6.45, 7) is 3.08. The molecule has 2 unspecified atom stereocenters. The van der Waals surface area contributed by atoms with Gasteiger partial charge in [-0.05, 0) is 12.0 Å². The summed E-state index contributed by atoms with van der Waals surface area (Å²) in [5.74, 6) is 0.307. The van der Waals surface area contributed by atoms with Crippen LogP contribution in [-0.2, 0) is 4.79 Å². The van der Waals surface area contributed by atoms with Crippen LogP contribution < -0.4 is 20.7 Å². The molecule has 2 heterocycles. The number of nitro groups is 1. The minimum atomic E-state index is -0.441. The summed E-state index contributed by atoms with van der Waals surface area (Å²) in [7, 11) is 0. The summed E-state index contributed by atoms with van der Waals surface area (Å²) in [4.78, 5) is 24.1. The molecule has 21 heavy (non-hydrogen) atoms. The van der Waals surface area contributed by atoms with E-state index in [-0.39, 0.29) is 30.2 Å². The number of ether oxygens (including phenoxy) is 1. The lowest BCUT2D eigenvalue weighted by atomic mass is 10.1. The molecule has 8 nitrogen and oxygen atoms in total. The van der Waals surface area contributed by atoms with E-state index >= 15 is 0 Å². The minimum Gasteiger partial charge on any atom is -0.481 e. The van der Waals surface area contributed by atoms with Crippen LogP contribution in [0.1, 0.15) is 6.92 Å². The highest BCUT2D eigenvalue weighted by atomic mass is 16.6. The van der Waals surface area contributed by atoms with E-state index in [0.29, 0.717) is 30.2 Å². The number of nitrogens with one attached hydrogen (secondary N) is 1. The number of benzene rings is 1. The van der Waals surface area contributed by atoms with Crippen molar-refractivity contribution in [3.63, 3.8) is 0 Å². The lowest BCUT2D eigenvalue weighted by molar-refractivity contribution is -0.384. The van der Waals surface area contributed by atoms with Crippen LogP contribution in [0, 0.1) is 16.0 Å². The summed E-state index contributed by atoms with van der Waals surface area (Å²) >= 11 is 0. The first-order chi connectivity index (χ1) is 9.95. The van der Waals surface area contributed by atoms with Crippen LogP contribution in [0.2, 0.25) is 0 Å². The minimum absolute atomic E-state index is 0.0218. The third kappa shape index (κ3) is 2.38. The van der Waals surface area contributed by atoms with Gasteiger partial charge in [0, 0.05) is 19.1 Å². The molecule has 8 heteroatoms. The quantitative estimate of drug-likeness (QED) is 0.613. The lowest BCUT2D eigenvalue weighted by Crippen LogP contribution is -2.29. The largest absolute Gasteiger partial charge is 0.481 e. The van der Waals surface area contributed by atoms with Crippen molar-refractivity contribution in [2.24, 2.45) is 11.7 Å². The van der Waals surface area contributed by atoms with Crippen molar-refractivity contribution < 1.29 is 14.5 Å². The van der Waals surface area contributed by atoms with Crippen LogP contribution >= 0.6 is 0 Å². The normalized spacial score (nSPS) is 24.3. The zero-order valence-electron chi connectivity index (χ0n) is 11.5. The second kappa shape index (κ2) is 4.88. The zero-order chi connectivity index (χ0) is 15.1. The molecule has 3 N–H and O–H groups in total. The Morgan fingerprint density at radius 1 is 1.48 bits per heavy atom. The second-order valence-corrected chi connectivity index (χ2v) is 5.48. The Morgan fingerprint density at radius 2 is 2.24 bits per heavy atom. The molecule has 0 bridgehead atoms. The molecule has 0 spiro atoms. The van der Waals surface area contributed by atoms with Crippen LogP contribution in [-0.4, -0.2) is 36.6 Å². The van der Waals surface area contributed by atoms with Gasteiger partial charge in [-0.2, -0.15) is 0 Å². The van der Waals surface area contributed by atoms with E-state index in [4.69, 9.17) is 10.5 Å². The Kier molecular flexibility index (Phi) is 3.17. The summed E-state index contributed by atoms with van der Waals surface area (Å²) in [5, 5.41) is 14.0. The summed E-state index contributed by atoms with van der Waals surface area (Å²) in [6.07, 6.45) is 0. The predicted molar refractivity (Wildman–Crippen MR) is 76.6 cm³/mol. The van der Waals surface area contributed by atoms with Crippen molar-refractivity contribution in [1.82, 2.24) is 0 Å². The molecule has 112 valence electrons. The monoisotopic (exact) mass is 292 g/mol. The summed E-state index contributed by atoms with van der Waals surface area (Å²) < 4.78 is 5.23. The molecule has 1 aromatic carbocycles. The highest BCUT2D eigenvalue weighted by Crippen LogP contribution is 2.40. The zero-order valence-corrected chi connectivity index (χ0v) is 11.5. The van der Waals surface area contributed by atoms with Gasteiger partial charge in [-0.15, -0.1) is 0 Å². The molecule has 2 aliphatic heterocycles. The van der Waals surface area contributed by atoms with Gasteiger partial charge >= 0.3 is 0 Å². The predicted octanol–water partition coefficient (Wildman–Crippen LogP) is 0.709. The Hall–Kier alpha value is -2.35. The van der Waals surface area contributed by atoms with Crippen LogP contribution in [0.15, 0.2) is 12.1 Å². The summed E-state index contributed by atoms with van der Waals surface area (Å²) in [6, 6.07) is 2.93. The van der Waals surface area contributed by atoms with Gasteiger partial charge in [0.25, 0.3) is 11.6 Å². The fourth-order valence-corrected chi connectivity index (χ4v) is 2.69. The van der Waals surface area contributed by atoms with Crippen LogP contribution in [0.4, 0.5) is 17.1 Å². The number of nitrogens with two attached hydrogens (primary N) is 1. The molecule has 0 saturated carbocycles. The van der Waals surface area contributed by atoms with Crippen LogP contribution in [0.25, 0.3) is 0 Å². The Bertz CT molecular complexity index is 608. The lowest BCUT2D eigenvalue weighted by Gasteiger charge is -2.23.